The standard InChI is InChI=1S/C19H27NO2/c1-13-4-6-14(7-5-13)16(21)12-20-17-15-8-11-22-18(15)19(17)9-2-3-10-19/h4-7,15-18,20-21H,2-3,8-12H2,1H3. The minimum atomic E-state index is -0.416. The Hall–Kier alpha value is -0.900. The SMILES string of the molecule is Cc1ccc(C(O)CNC2C3CCOC3C23CCCC3)cc1. The zero-order valence-corrected chi connectivity index (χ0v) is 13.4. The van der Waals surface area contributed by atoms with Crippen molar-refractivity contribution in [3.8, 4) is 0 Å². The molecule has 0 bridgehead atoms. The largest absolute Gasteiger partial charge is 0.387 e. The number of rotatable bonds is 4. The number of aliphatic hydroxyl groups excluding tert-OH is 1. The van der Waals surface area contributed by atoms with Crippen LogP contribution < -0.4 is 5.32 Å². The van der Waals surface area contributed by atoms with Gasteiger partial charge >= 0.3 is 0 Å². The molecule has 1 aromatic carbocycles. The van der Waals surface area contributed by atoms with Gasteiger partial charge in [-0.3, -0.25) is 0 Å². The molecule has 2 N–H and O–H groups in total. The lowest BCUT2D eigenvalue weighted by Crippen LogP contribution is -2.67. The Bertz CT molecular complexity index is 521. The molecule has 1 heterocycles. The summed E-state index contributed by atoms with van der Waals surface area (Å²) in [6.07, 6.45) is 6.53. The Kier molecular flexibility index (Phi) is 3.75. The van der Waals surface area contributed by atoms with E-state index in [-0.39, 0.29) is 0 Å². The second-order valence-corrected chi connectivity index (χ2v) is 7.50. The summed E-state index contributed by atoms with van der Waals surface area (Å²) in [5.41, 5.74) is 2.62. The second-order valence-electron chi connectivity index (χ2n) is 7.50. The molecule has 0 amide bonds. The molecule has 3 heteroatoms. The van der Waals surface area contributed by atoms with Gasteiger partial charge in [0.1, 0.15) is 0 Å². The quantitative estimate of drug-likeness (QED) is 0.898. The molecule has 1 spiro atoms. The Morgan fingerprint density at radius 1 is 1.27 bits per heavy atom. The van der Waals surface area contributed by atoms with Gasteiger partial charge in [0.15, 0.2) is 0 Å². The normalized spacial score (nSPS) is 33.6. The fourth-order valence-corrected chi connectivity index (χ4v) is 5.15. The molecule has 1 aromatic rings. The molecular formula is C19H27NO2. The first-order chi connectivity index (χ1) is 10.7. The first-order valence-electron chi connectivity index (χ1n) is 8.80. The van der Waals surface area contributed by atoms with Crippen molar-refractivity contribution in [1.82, 2.24) is 5.32 Å². The molecule has 2 saturated carbocycles. The Balaban J connectivity index is 1.41. The number of ether oxygens (including phenoxy) is 1. The molecule has 4 unspecified atom stereocenters. The van der Waals surface area contributed by atoms with Crippen molar-refractivity contribution in [3.63, 3.8) is 0 Å². The average molecular weight is 301 g/mol. The van der Waals surface area contributed by atoms with Gasteiger partial charge in [-0.1, -0.05) is 42.7 Å². The van der Waals surface area contributed by atoms with E-state index < -0.39 is 6.10 Å². The zero-order chi connectivity index (χ0) is 15.2. The number of fused-ring (bicyclic) bond motifs is 2. The smallest absolute Gasteiger partial charge is 0.0914 e. The zero-order valence-electron chi connectivity index (χ0n) is 13.4. The Morgan fingerprint density at radius 2 is 2.00 bits per heavy atom. The van der Waals surface area contributed by atoms with E-state index in [1.165, 1.54) is 37.7 Å². The number of nitrogens with one attached hydrogen (secondary N) is 1. The van der Waals surface area contributed by atoms with Crippen LogP contribution in [-0.2, 0) is 4.74 Å². The highest BCUT2D eigenvalue weighted by atomic mass is 16.5. The van der Waals surface area contributed by atoms with E-state index in [0.29, 0.717) is 30.0 Å². The maximum atomic E-state index is 10.5. The van der Waals surface area contributed by atoms with Crippen LogP contribution in [0, 0.1) is 18.3 Å². The van der Waals surface area contributed by atoms with E-state index >= 15 is 0 Å². The molecule has 3 aliphatic rings. The lowest BCUT2D eigenvalue weighted by Gasteiger charge is -2.57. The van der Waals surface area contributed by atoms with E-state index in [1.807, 2.05) is 12.1 Å². The highest BCUT2D eigenvalue weighted by Gasteiger charge is 2.64. The summed E-state index contributed by atoms with van der Waals surface area (Å²) in [7, 11) is 0. The number of hydrogen-bond donors (Lipinski definition) is 2. The third kappa shape index (κ3) is 2.22. The van der Waals surface area contributed by atoms with Crippen LogP contribution in [0.5, 0.6) is 0 Å². The predicted molar refractivity (Wildman–Crippen MR) is 86.7 cm³/mol. The maximum absolute atomic E-state index is 10.5. The van der Waals surface area contributed by atoms with Gasteiger partial charge in [0, 0.05) is 30.5 Å². The average Bonchev–Trinajstić information content (AvgIpc) is 3.16. The van der Waals surface area contributed by atoms with Crippen molar-refractivity contribution in [2.75, 3.05) is 13.2 Å². The summed E-state index contributed by atoms with van der Waals surface area (Å²) in [6.45, 7) is 3.65. The van der Waals surface area contributed by atoms with Crippen LogP contribution in [0.2, 0.25) is 0 Å². The van der Waals surface area contributed by atoms with Crippen LogP contribution in [-0.4, -0.2) is 30.4 Å². The number of aliphatic hydroxyl groups is 1. The van der Waals surface area contributed by atoms with Crippen LogP contribution in [0.3, 0.4) is 0 Å². The minimum Gasteiger partial charge on any atom is -0.387 e. The highest BCUT2D eigenvalue weighted by Crippen LogP contribution is 2.60. The molecule has 1 aliphatic heterocycles. The molecule has 3 nitrogen and oxygen atoms in total. The van der Waals surface area contributed by atoms with E-state index in [1.54, 1.807) is 0 Å². The van der Waals surface area contributed by atoms with Gasteiger partial charge in [0.25, 0.3) is 0 Å². The van der Waals surface area contributed by atoms with Gasteiger partial charge in [-0.15, -0.1) is 0 Å². The van der Waals surface area contributed by atoms with Crippen molar-refractivity contribution in [3.05, 3.63) is 35.4 Å². The summed E-state index contributed by atoms with van der Waals surface area (Å²) in [5.74, 6) is 0.670. The number of benzene rings is 1. The van der Waals surface area contributed by atoms with Crippen molar-refractivity contribution in [1.29, 1.82) is 0 Å². The van der Waals surface area contributed by atoms with E-state index in [4.69, 9.17) is 4.74 Å². The molecule has 0 radical (unpaired) electrons. The highest BCUT2D eigenvalue weighted by molar-refractivity contribution is 5.23. The Morgan fingerprint density at radius 3 is 2.73 bits per heavy atom. The summed E-state index contributed by atoms with van der Waals surface area (Å²) in [5, 5.41) is 14.2. The van der Waals surface area contributed by atoms with Gasteiger partial charge in [-0.2, -0.15) is 0 Å². The van der Waals surface area contributed by atoms with Crippen molar-refractivity contribution in [2.45, 2.75) is 57.3 Å². The molecule has 2 aliphatic carbocycles. The van der Waals surface area contributed by atoms with Crippen LogP contribution >= 0.6 is 0 Å². The molecule has 0 aromatic heterocycles. The topological polar surface area (TPSA) is 41.5 Å². The first-order valence-corrected chi connectivity index (χ1v) is 8.80. The molecule has 1 saturated heterocycles. The summed E-state index contributed by atoms with van der Waals surface area (Å²) in [6, 6.07) is 8.76. The van der Waals surface area contributed by atoms with Gasteiger partial charge in [0.2, 0.25) is 0 Å². The second kappa shape index (κ2) is 5.63. The minimum absolute atomic E-state index is 0.369. The van der Waals surface area contributed by atoms with E-state index in [9.17, 15) is 5.11 Å². The lowest BCUT2D eigenvalue weighted by molar-refractivity contribution is -0.132. The first kappa shape index (κ1) is 14.7. The summed E-state index contributed by atoms with van der Waals surface area (Å²) in [4.78, 5) is 0. The van der Waals surface area contributed by atoms with Gasteiger partial charge in [0.05, 0.1) is 12.2 Å². The Labute approximate surface area is 133 Å². The molecule has 4 atom stereocenters. The maximum Gasteiger partial charge on any atom is 0.0914 e. The van der Waals surface area contributed by atoms with Crippen LogP contribution in [0.4, 0.5) is 0 Å². The van der Waals surface area contributed by atoms with Crippen molar-refractivity contribution in [2.24, 2.45) is 11.3 Å². The summed E-state index contributed by atoms with van der Waals surface area (Å²) >= 11 is 0. The molecular weight excluding hydrogens is 274 g/mol. The van der Waals surface area contributed by atoms with E-state index in [0.717, 1.165) is 12.2 Å². The van der Waals surface area contributed by atoms with Gasteiger partial charge in [-0.25, -0.2) is 0 Å². The van der Waals surface area contributed by atoms with Crippen molar-refractivity contribution >= 4 is 0 Å². The van der Waals surface area contributed by atoms with Crippen molar-refractivity contribution < 1.29 is 9.84 Å². The molecule has 22 heavy (non-hydrogen) atoms. The molecule has 120 valence electrons. The third-order valence-electron chi connectivity index (χ3n) is 6.28. The van der Waals surface area contributed by atoms with Crippen LogP contribution in [0.25, 0.3) is 0 Å². The monoisotopic (exact) mass is 301 g/mol. The number of hydrogen-bond acceptors (Lipinski definition) is 3. The molecule has 3 fully saturated rings. The van der Waals surface area contributed by atoms with E-state index in [2.05, 4.69) is 24.4 Å². The third-order valence-corrected chi connectivity index (χ3v) is 6.28. The molecule has 4 rings (SSSR count). The predicted octanol–water partition coefficient (Wildman–Crippen LogP) is 2.97. The van der Waals surface area contributed by atoms with Gasteiger partial charge < -0.3 is 15.2 Å². The fraction of sp³-hybridized carbons (Fsp3) is 0.684. The van der Waals surface area contributed by atoms with Gasteiger partial charge in [-0.05, 0) is 31.7 Å². The van der Waals surface area contributed by atoms with Crippen LogP contribution in [0.1, 0.15) is 49.3 Å². The number of aryl methyl sites for hydroxylation is 1. The lowest BCUT2D eigenvalue weighted by atomic mass is 9.54. The van der Waals surface area contributed by atoms with Crippen LogP contribution in [0.15, 0.2) is 24.3 Å². The summed E-state index contributed by atoms with van der Waals surface area (Å²) < 4.78 is 6.02. The fourth-order valence-electron chi connectivity index (χ4n) is 5.15.